The highest BCUT2D eigenvalue weighted by Gasteiger charge is 2.29. The predicted octanol–water partition coefficient (Wildman–Crippen LogP) is 2.30. The third kappa shape index (κ3) is 1.71. The van der Waals surface area contributed by atoms with Crippen molar-refractivity contribution in [3.8, 4) is 5.75 Å². The number of hydrogen-bond donors (Lipinski definition) is 1. The van der Waals surface area contributed by atoms with Gasteiger partial charge in [0, 0.05) is 12.0 Å². The molecule has 3 rings (SSSR count). The number of rotatable bonds is 1. The summed E-state index contributed by atoms with van der Waals surface area (Å²) in [5.41, 5.74) is 2.67. The Labute approximate surface area is 97.0 Å². The molecule has 2 atom stereocenters. The molecule has 86 valence electrons. The van der Waals surface area contributed by atoms with Gasteiger partial charge in [-0.3, -0.25) is 0 Å². The Hall–Kier alpha value is -1.02. The fourth-order valence-electron chi connectivity index (χ4n) is 2.98. The van der Waals surface area contributed by atoms with Crippen LogP contribution in [0.2, 0.25) is 0 Å². The topological polar surface area (TPSA) is 21.3 Å². The van der Waals surface area contributed by atoms with E-state index in [4.69, 9.17) is 4.74 Å². The molecule has 0 aromatic heterocycles. The van der Waals surface area contributed by atoms with Gasteiger partial charge in [0.1, 0.15) is 5.75 Å². The summed E-state index contributed by atoms with van der Waals surface area (Å²) in [5, 5.41) is 3.59. The zero-order valence-corrected chi connectivity index (χ0v) is 9.83. The SMILES string of the molecule is Cc1cccc2c1OCC(C1CCCN1)C2. The van der Waals surface area contributed by atoms with Gasteiger partial charge in [0.25, 0.3) is 0 Å². The molecule has 2 heteroatoms. The largest absolute Gasteiger partial charge is 0.493 e. The van der Waals surface area contributed by atoms with Crippen LogP contribution in [0.3, 0.4) is 0 Å². The fraction of sp³-hybridized carbons (Fsp3) is 0.571. The van der Waals surface area contributed by atoms with Crippen molar-refractivity contribution >= 4 is 0 Å². The third-order valence-corrected chi connectivity index (χ3v) is 3.88. The van der Waals surface area contributed by atoms with Crippen molar-refractivity contribution < 1.29 is 4.74 Å². The molecule has 16 heavy (non-hydrogen) atoms. The molecule has 0 saturated carbocycles. The second-order valence-electron chi connectivity index (χ2n) is 5.04. The Kier molecular flexibility index (Phi) is 2.60. The van der Waals surface area contributed by atoms with E-state index in [9.17, 15) is 0 Å². The molecule has 2 nitrogen and oxygen atoms in total. The molecule has 1 saturated heterocycles. The Balaban J connectivity index is 1.80. The first-order valence-electron chi connectivity index (χ1n) is 6.29. The zero-order valence-electron chi connectivity index (χ0n) is 9.83. The molecule has 1 aromatic carbocycles. The Morgan fingerprint density at radius 1 is 1.38 bits per heavy atom. The molecule has 0 radical (unpaired) electrons. The van der Waals surface area contributed by atoms with Crippen molar-refractivity contribution in [2.75, 3.05) is 13.2 Å². The van der Waals surface area contributed by atoms with E-state index in [0.717, 1.165) is 12.4 Å². The summed E-state index contributed by atoms with van der Waals surface area (Å²) in [6, 6.07) is 7.16. The molecule has 0 bridgehead atoms. The lowest BCUT2D eigenvalue weighted by atomic mass is 9.89. The van der Waals surface area contributed by atoms with Gasteiger partial charge < -0.3 is 10.1 Å². The van der Waals surface area contributed by atoms with Gasteiger partial charge in [0.15, 0.2) is 0 Å². The van der Waals surface area contributed by atoms with Gasteiger partial charge in [0.05, 0.1) is 6.61 Å². The summed E-state index contributed by atoms with van der Waals surface area (Å²) in [6.45, 7) is 4.20. The van der Waals surface area contributed by atoms with Crippen molar-refractivity contribution in [2.45, 2.75) is 32.2 Å². The predicted molar refractivity (Wildman–Crippen MR) is 64.9 cm³/mol. The quantitative estimate of drug-likeness (QED) is 0.779. The Morgan fingerprint density at radius 3 is 3.12 bits per heavy atom. The zero-order chi connectivity index (χ0) is 11.0. The van der Waals surface area contributed by atoms with Crippen LogP contribution in [0.5, 0.6) is 5.75 Å². The number of hydrogen-bond acceptors (Lipinski definition) is 2. The molecular formula is C14H19NO. The number of ether oxygens (including phenoxy) is 1. The van der Waals surface area contributed by atoms with Gasteiger partial charge in [0.2, 0.25) is 0 Å². The average molecular weight is 217 g/mol. The first-order chi connectivity index (χ1) is 7.84. The molecule has 2 unspecified atom stereocenters. The van der Waals surface area contributed by atoms with Crippen LogP contribution in [-0.2, 0) is 6.42 Å². The second kappa shape index (κ2) is 4.10. The minimum Gasteiger partial charge on any atom is -0.493 e. The van der Waals surface area contributed by atoms with Crippen LogP contribution >= 0.6 is 0 Å². The van der Waals surface area contributed by atoms with E-state index in [1.807, 2.05) is 0 Å². The maximum absolute atomic E-state index is 5.94. The summed E-state index contributed by atoms with van der Waals surface area (Å²) >= 11 is 0. The normalized spacial score (nSPS) is 28.6. The first kappa shape index (κ1) is 10.2. The molecule has 0 amide bonds. The monoisotopic (exact) mass is 217 g/mol. The van der Waals surface area contributed by atoms with Gasteiger partial charge >= 0.3 is 0 Å². The summed E-state index contributed by atoms with van der Waals surface area (Å²) in [4.78, 5) is 0. The van der Waals surface area contributed by atoms with Crippen LogP contribution in [0.15, 0.2) is 18.2 Å². The smallest absolute Gasteiger partial charge is 0.125 e. The van der Waals surface area contributed by atoms with Gasteiger partial charge in [-0.2, -0.15) is 0 Å². The standard InChI is InChI=1S/C14H19NO/c1-10-4-2-5-11-8-12(9-16-14(10)11)13-6-3-7-15-13/h2,4-5,12-13,15H,3,6-9H2,1H3. The minimum atomic E-state index is 0.664. The summed E-state index contributed by atoms with van der Waals surface area (Å²) < 4.78 is 5.94. The lowest BCUT2D eigenvalue weighted by molar-refractivity contribution is 0.190. The maximum atomic E-state index is 5.94. The Bertz CT molecular complexity index is 382. The number of benzene rings is 1. The maximum Gasteiger partial charge on any atom is 0.125 e. The van der Waals surface area contributed by atoms with E-state index in [1.54, 1.807) is 0 Å². The highest BCUT2D eigenvalue weighted by atomic mass is 16.5. The molecule has 2 aliphatic rings. The molecule has 1 N–H and O–H groups in total. The number of para-hydroxylation sites is 1. The summed E-state index contributed by atoms with van der Waals surface area (Å²) in [7, 11) is 0. The van der Waals surface area contributed by atoms with Crippen molar-refractivity contribution in [3.63, 3.8) is 0 Å². The van der Waals surface area contributed by atoms with E-state index < -0.39 is 0 Å². The van der Waals surface area contributed by atoms with E-state index in [0.29, 0.717) is 12.0 Å². The Morgan fingerprint density at radius 2 is 2.31 bits per heavy atom. The van der Waals surface area contributed by atoms with Crippen LogP contribution in [0.4, 0.5) is 0 Å². The van der Waals surface area contributed by atoms with Crippen molar-refractivity contribution in [3.05, 3.63) is 29.3 Å². The molecular weight excluding hydrogens is 198 g/mol. The van der Waals surface area contributed by atoms with Gasteiger partial charge in [-0.1, -0.05) is 18.2 Å². The molecule has 1 aromatic rings. The van der Waals surface area contributed by atoms with E-state index in [-0.39, 0.29) is 0 Å². The highest BCUT2D eigenvalue weighted by molar-refractivity contribution is 5.42. The number of aryl methyl sites for hydroxylation is 1. The van der Waals surface area contributed by atoms with E-state index in [1.165, 1.54) is 36.9 Å². The van der Waals surface area contributed by atoms with Crippen molar-refractivity contribution in [2.24, 2.45) is 5.92 Å². The fourth-order valence-corrected chi connectivity index (χ4v) is 2.98. The van der Waals surface area contributed by atoms with Crippen LogP contribution in [0.25, 0.3) is 0 Å². The summed E-state index contributed by atoms with van der Waals surface area (Å²) in [5.74, 6) is 1.80. The lowest BCUT2D eigenvalue weighted by Gasteiger charge is -2.30. The molecule has 0 aliphatic carbocycles. The molecule has 1 fully saturated rings. The second-order valence-corrected chi connectivity index (χ2v) is 5.04. The molecule has 2 heterocycles. The van der Waals surface area contributed by atoms with Gasteiger partial charge in [-0.25, -0.2) is 0 Å². The van der Waals surface area contributed by atoms with Crippen LogP contribution in [-0.4, -0.2) is 19.2 Å². The summed E-state index contributed by atoms with van der Waals surface area (Å²) in [6.07, 6.45) is 3.81. The van der Waals surface area contributed by atoms with Crippen LogP contribution < -0.4 is 10.1 Å². The van der Waals surface area contributed by atoms with Gasteiger partial charge in [-0.05, 0) is 43.9 Å². The highest BCUT2D eigenvalue weighted by Crippen LogP contribution is 2.32. The van der Waals surface area contributed by atoms with Crippen LogP contribution in [0.1, 0.15) is 24.0 Å². The van der Waals surface area contributed by atoms with Crippen LogP contribution in [0, 0.1) is 12.8 Å². The third-order valence-electron chi connectivity index (χ3n) is 3.88. The number of fused-ring (bicyclic) bond motifs is 1. The average Bonchev–Trinajstić information content (AvgIpc) is 2.82. The van der Waals surface area contributed by atoms with Gasteiger partial charge in [-0.15, -0.1) is 0 Å². The van der Waals surface area contributed by atoms with Crippen molar-refractivity contribution in [1.82, 2.24) is 5.32 Å². The molecule has 0 spiro atoms. The first-order valence-corrected chi connectivity index (χ1v) is 6.29. The van der Waals surface area contributed by atoms with E-state index >= 15 is 0 Å². The minimum absolute atomic E-state index is 0.664. The lowest BCUT2D eigenvalue weighted by Crippen LogP contribution is -2.37. The van der Waals surface area contributed by atoms with E-state index in [2.05, 4.69) is 30.4 Å². The number of nitrogens with one attached hydrogen (secondary N) is 1. The molecule has 2 aliphatic heterocycles. The van der Waals surface area contributed by atoms with Crippen molar-refractivity contribution in [1.29, 1.82) is 0 Å².